The average molecular weight is 200 g/mol. The summed E-state index contributed by atoms with van der Waals surface area (Å²) >= 11 is 0. The number of hydrogen-bond acceptors (Lipinski definition) is 2. The van der Waals surface area contributed by atoms with Crippen molar-refractivity contribution < 1.29 is 32.7 Å². The van der Waals surface area contributed by atoms with Gasteiger partial charge in [-0.15, -0.1) is 0 Å². The van der Waals surface area contributed by atoms with Crippen molar-refractivity contribution in [1.29, 1.82) is 0 Å². The van der Waals surface area contributed by atoms with Crippen LogP contribution in [-0.4, -0.2) is 11.8 Å². The van der Waals surface area contributed by atoms with E-state index in [1.807, 2.05) is 6.92 Å². The van der Waals surface area contributed by atoms with E-state index >= 15 is 0 Å². The Morgan fingerprint density at radius 3 is 2.33 bits per heavy atom. The van der Waals surface area contributed by atoms with Crippen molar-refractivity contribution in [3.63, 3.8) is 0 Å². The first-order valence-corrected chi connectivity index (χ1v) is 2.85. The fraction of sp³-hybridized carbons (Fsp3) is 0.667. The molecule has 0 bridgehead atoms. The van der Waals surface area contributed by atoms with E-state index in [2.05, 4.69) is 24.4 Å². The molecule has 9 heavy (non-hydrogen) atoms. The van der Waals surface area contributed by atoms with Crippen LogP contribution in [0.5, 0.6) is 0 Å². The fourth-order valence-electron chi connectivity index (χ4n) is 0.692. The fourth-order valence-corrected chi connectivity index (χ4v) is 0.692. The number of hydrogen-bond donors (Lipinski definition) is 1. The number of nitrogens with one attached hydrogen (secondary N) is 1. The minimum atomic E-state index is 0. The Morgan fingerprint density at radius 1 is 1.67 bits per heavy atom. The largest absolute Gasteiger partial charge is 0.337 e. The normalized spacial score (nSPS) is 24.6. The van der Waals surface area contributed by atoms with Crippen molar-refractivity contribution in [2.45, 2.75) is 26.8 Å². The van der Waals surface area contributed by atoms with Crippen LogP contribution in [0.4, 0.5) is 0 Å². The number of rotatable bonds is 0. The molecule has 1 N–H and O–H groups in total. The van der Waals surface area contributed by atoms with Gasteiger partial charge in [0.2, 0.25) is 0 Å². The Kier molecular flexibility index (Phi) is 3.75. The van der Waals surface area contributed by atoms with Crippen LogP contribution in [0.25, 0.3) is 0 Å². The monoisotopic (exact) mass is 200 g/mol. The van der Waals surface area contributed by atoms with E-state index < -0.39 is 0 Å². The zero-order valence-corrected chi connectivity index (χ0v) is 8.94. The van der Waals surface area contributed by atoms with Gasteiger partial charge in [-0.1, -0.05) is 25.6 Å². The van der Waals surface area contributed by atoms with E-state index in [0.29, 0.717) is 6.04 Å². The average Bonchev–Trinajstić information content (AvgIpc) is 1.98. The third-order valence-electron chi connectivity index (χ3n) is 1.65. The molecule has 0 saturated carbocycles. The second-order valence-electron chi connectivity index (χ2n) is 2.23. The van der Waals surface area contributed by atoms with Crippen molar-refractivity contribution in [2.75, 3.05) is 0 Å². The number of nitrogens with zero attached hydrogens (tertiary/aromatic N) is 1. The summed E-state index contributed by atoms with van der Waals surface area (Å²) in [6.07, 6.45) is 0. The first-order valence-electron chi connectivity index (χ1n) is 2.85. The third kappa shape index (κ3) is 1.94. The quantitative estimate of drug-likeness (QED) is 0.578. The summed E-state index contributed by atoms with van der Waals surface area (Å²) in [7, 11) is 0. The molecule has 1 heterocycles. The third-order valence-corrected chi connectivity index (χ3v) is 1.65. The van der Waals surface area contributed by atoms with Crippen molar-refractivity contribution in [2.24, 2.45) is 5.10 Å². The summed E-state index contributed by atoms with van der Waals surface area (Å²) in [6, 6.07) is 0.454. The van der Waals surface area contributed by atoms with Gasteiger partial charge in [0.15, 0.2) is 0 Å². The maximum atomic E-state index is 4.03. The summed E-state index contributed by atoms with van der Waals surface area (Å²) in [5, 5.41) is 4.03. The molecule has 0 saturated heterocycles. The summed E-state index contributed by atoms with van der Waals surface area (Å²) in [6.45, 7) is 6.23. The van der Waals surface area contributed by atoms with Crippen LogP contribution >= 0.6 is 0 Å². The van der Waals surface area contributed by atoms with Gasteiger partial charge in [-0.25, -0.2) is 5.10 Å². The molecular formula is C6H11N2Y-. The molecule has 0 spiro atoms. The molecular weight excluding hydrogens is 189 g/mol. The van der Waals surface area contributed by atoms with E-state index in [9.17, 15) is 0 Å². The van der Waals surface area contributed by atoms with Crippen LogP contribution in [-0.2, 0) is 32.7 Å². The Bertz CT molecular complexity index is 122. The molecule has 0 aromatic rings. The molecule has 3 heteroatoms. The van der Waals surface area contributed by atoms with Gasteiger partial charge in [0, 0.05) is 32.7 Å². The molecule has 0 aromatic carbocycles. The predicted molar refractivity (Wildman–Crippen MR) is 34.6 cm³/mol. The van der Waals surface area contributed by atoms with Crippen molar-refractivity contribution in [3.05, 3.63) is 5.92 Å². The molecule has 1 rings (SSSR count). The Morgan fingerprint density at radius 2 is 2.22 bits per heavy atom. The van der Waals surface area contributed by atoms with Crippen LogP contribution in [0.1, 0.15) is 20.8 Å². The van der Waals surface area contributed by atoms with Gasteiger partial charge in [-0.3, -0.25) is 0 Å². The van der Waals surface area contributed by atoms with E-state index in [4.69, 9.17) is 0 Å². The second-order valence-corrected chi connectivity index (χ2v) is 2.23. The zero-order chi connectivity index (χ0) is 6.15. The molecule has 0 aromatic heterocycles. The smallest absolute Gasteiger partial charge is 0 e. The van der Waals surface area contributed by atoms with E-state index in [1.54, 1.807) is 0 Å². The predicted octanol–water partition coefficient (Wildman–Crippen LogP) is 0.946. The van der Waals surface area contributed by atoms with Gasteiger partial charge in [-0.05, 0) is 0 Å². The molecule has 1 unspecified atom stereocenters. The van der Waals surface area contributed by atoms with E-state index in [0.717, 1.165) is 5.71 Å². The summed E-state index contributed by atoms with van der Waals surface area (Å²) in [5.41, 5.74) is 4.11. The maximum absolute atomic E-state index is 4.03. The van der Waals surface area contributed by atoms with Crippen LogP contribution in [0.3, 0.4) is 0 Å². The first-order chi connectivity index (χ1) is 3.72. The molecule has 1 atom stereocenters. The maximum Gasteiger partial charge on any atom is 0 e. The molecule has 0 fully saturated rings. The molecule has 0 aliphatic carbocycles. The van der Waals surface area contributed by atoms with Gasteiger partial charge in [-0.2, -0.15) is 6.92 Å². The summed E-state index contributed by atoms with van der Waals surface area (Å²) in [4.78, 5) is 0. The van der Waals surface area contributed by atoms with Crippen LogP contribution in [0, 0.1) is 5.92 Å². The molecule has 2 nitrogen and oxygen atoms in total. The Labute approximate surface area is 81.4 Å². The van der Waals surface area contributed by atoms with Crippen molar-refractivity contribution >= 4 is 5.71 Å². The first kappa shape index (κ1) is 9.44. The van der Waals surface area contributed by atoms with Crippen LogP contribution in [0.15, 0.2) is 5.10 Å². The van der Waals surface area contributed by atoms with Crippen LogP contribution < -0.4 is 5.43 Å². The molecule has 1 aliphatic rings. The van der Waals surface area contributed by atoms with Gasteiger partial charge in [0.25, 0.3) is 0 Å². The summed E-state index contributed by atoms with van der Waals surface area (Å²) in [5.74, 6) is 1.35. The molecule has 1 radical (unpaired) electrons. The minimum Gasteiger partial charge on any atom is -0.337 e. The van der Waals surface area contributed by atoms with Crippen molar-refractivity contribution in [3.8, 4) is 0 Å². The minimum absolute atomic E-state index is 0. The SMILES string of the molecule is CC1=NNC(C)[C-]1C.[Y]. The molecule has 49 valence electrons. The van der Waals surface area contributed by atoms with Crippen LogP contribution in [0.2, 0.25) is 0 Å². The van der Waals surface area contributed by atoms with Gasteiger partial charge in [0.05, 0.1) is 0 Å². The Hall–Kier alpha value is 0.444. The van der Waals surface area contributed by atoms with E-state index in [1.165, 1.54) is 5.92 Å². The summed E-state index contributed by atoms with van der Waals surface area (Å²) < 4.78 is 0. The second kappa shape index (κ2) is 3.57. The van der Waals surface area contributed by atoms with E-state index in [-0.39, 0.29) is 32.7 Å². The topological polar surface area (TPSA) is 24.4 Å². The molecule has 0 amide bonds. The Balaban J connectivity index is 0.000000640. The standard InChI is InChI=1S/C6H11N2.Y/c1-4-5(2)7-8-6(4)3;/h5,7H,1-3H3;/q-1;. The molecule has 1 aliphatic heterocycles. The zero-order valence-electron chi connectivity index (χ0n) is 6.10. The van der Waals surface area contributed by atoms with Gasteiger partial charge in [0.1, 0.15) is 0 Å². The van der Waals surface area contributed by atoms with Crippen molar-refractivity contribution in [1.82, 2.24) is 5.43 Å². The number of hydrazone groups is 1. The van der Waals surface area contributed by atoms with Gasteiger partial charge < -0.3 is 11.3 Å². The van der Waals surface area contributed by atoms with Gasteiger partial charge >= 0.3 is 0 Å².